The fraction of sp³-hybridized carbons (Fsp3) is 0.385. The molecule has 0 radical (unpaired) electrons. The summed E-state index contributed by atoms with van der Waals surface area (Å²) in [4.78, 5) is 0.445. The molecule has 4 aliphatic carbocycles. The van der Waals surface area contributed by atoms with Gasteiger partial charge in [0.05, 0.1) is 4.90 Å². The number of benzene rings is 1. The Kier molecular flexibility index (Phi) is 1.84. The molecular formula is C13H11BrO2S. The Balaban J connectivity index is 1.80. The third-order valence-corrected chi connectivity index (χ3v) is 7.55. The van der Waals surface area contributed by atoms with Crippen LogP contribution in [0, 0.1) is 23.7 Å². The second-order valence-electron chi connectivity index (χ2n) is 5.14. The van der Waals surface area contributed by atoms with Gasteiger partial charge in [-0.1, -0.05) is 40.2 Å². The predicted molar refractivity (Wildman–Crippen MR) is 68.4 cm³/mol. The second-order valence-corrected chi connectivity index (χ2v) is 8.12. The highest BCUT2D eigenvalue weighted by molar-refractivity contribution is 9.11. The average Bonchev–Trinajstić information content (AvgIpc) is 3.21. The third-order valence-electron chi connectivity index (χ3n) is 4.32. The van der Waals surface area contributed by atoms with E-state index in [1.807, 2.05) is 6.07 Å². The van der Waals surface area contributed by atoms with Gasteiger partial charge < -0.3 is 0 Å². The summed E-state index contributed by atoms with van der Waals surface area (Å²) in [5, 5.41) is -0.329. The van der Waals surface area contributed by atoms with Gasteiger partial charge in [-0.25, -0.2) is 8.42 Å². The van der Waals surface area contributed by atoms with Crippen molar-refractivity contribution in [1.82, 2.24) is 0 Å². The lowest BCUT2D eigenvalue weighted by Gasteiger charge is -2.26. The van der Waals surface area contributed by atoms with E-state index in [1.54, 1.807) is 24.3 Å². The standard InChI is InChI=1S/C13H11BrO2S/c14-9-6-8-10-11(8)12(10)13(9)17(15,16)7-4-2-1-3-5-7/h1-6,8,10-13H. The summed E-state index contributed by atoms with van der Waals surface area (Å²) in [6, 6.07) is 8.79. The maximum Gasteiger partial charge on any atom is 0.186 e. The first-order chi connectivity index (χ1) is 8.12. The SMILES string of the molecule is O=S(=O)(c1ccccc1)C1C(Br)=CC2C3C2C31. The van der Waals surface area contributed by atoms with E-state index < -0.39 is 9.84 Å². The van der Waals surface area contributed by atoms with E-state index >= 15 is 0 Å². The van der Waals surface area contributed by atoms with Crippen LogP contribution in [-0.2, 0) is 9.84 Å². The quantitative estimate of drug-likeness (QED) is 0.841. The first-order valence-electron chi connectivity index (χ1n) is 5.78. The summed E-state index contributed by atoms with van der Waals surface area (Å²) in [7, 11) is -3.22. The van der Waals surface area contributed by atoms with Crippen molar-refractivity contribution in [2.24, 2.45) is 23.7 Å². The number of halogens is 1. The molecule has 2 saturated carbocycles. The van der Waals surface area contributed by atoms with Gasteiger partial charge in [0.25, 0.3) is 0 Å². The zero-order valence-electron chi connectivity index (χ0n) is 8.95. The predicted octanol–water partition coefficient (Wildman–Crippen LogP) is 2.61. The molecule has 88 valence electrons. The Bertz CT molecular complexity index is 610. The Morgan fingerprint density at radius 1 is 1.00 bits per heavy atom. The van der Waals surface area contributed by atoms with Crippen LogP contribution in [0.4, 0.5) is 0 Å². The van der Waals surface area contributed by atoms with Gasteiger partial charge in [-0.3, -0.25) is 0 Å². The molecule has 2 fully saturated rings. The summed E-state index contributed by atoms with van der Waals surface area (Å²) >= 11 is 3.45. The maximum absolute atomic E-state index is 12.6. The van der Waals surface area contributed by atoms with Crippen molar-refractivity contribution in [2.45, 2.75) is 10.1 Å². The molecule has 0 N–H and O–H groups in total. The van der Waals surface area contributed by atoms with Gasteiger partial charge in [-0.2, -0.15) is 0 Å². The summed E-state index contributed by atoms with van der Waals surface area (Å²) < 4.78 is 26.0. The minimum Gasteiger partial charge on any atom is -0.223 e. The van der Waals surface area contributed by atoms with Crippen molar-refractivity contribution >= 4 is 25.8 Å². The lowest BCUT2D eigenvalue weighted by molar-refractivity contribution is 0.493. The van der Waals surface area contributed by atoms with Crippen molar-refractivity contribution in [1.29, 1.82) is 0 Å². The lowest BCUT2D eigenvalue weighted by atomic mass is 9.95. The molecule has 0 saturated heterocycles. The van der Waals surface area contributed by atoms with E-state index in [4.69, 9.17) is 0 Å². The van der Waals surface area contributed by atoms with Crippen LogP contribution in [0.2, 0.25) is 0 Å². The molecule has 3 atom stereocenters. The molecule has 3 unspecified atom stereocenters. The largest absolute Gasteiger partial charge is 0.223 e. The molecule has 4 heteroatoms. The first-order valence-corrected chi connectivity index (χ1v) is 8.12. The second kappa shape index (κ2) is 3.04. The summed E-state index contributed by atoms with van der Waals surface area (Å²) in [5.74, 6) is 2.39. The van der Waals surface area contributed by atoms with Crippen LogP contribution in [0.1, 0.15) is 0 Å². The van der Waals surface area contributed by atoms with Gasteiger partial charge in [0, 0.05) is 4.48 Å². The molecule has 5 rings (SSSR count). The van der Waals surface area contributed by atoms with Crippen molar-refractivity contribution in [3.05, 3.63) is 40.9 Å². The summed E-state index contributed by atoms with van der Waals surface area (Å²) in [6.45, 7) is 0. The zero-order chi connectivity index (χ0) is 11.8. The van der Waals surface area contributed by atoms with Crippen LogP contribution in [0.25, 0.3) is 0 Å². The minimum absolute atomic E-state index is 0.329. The van der Waals surface area contributed by atoms with E-state index in [0.717, 1.165) is 4.48 Å². The van der Waals surface area contributed by atoms with E-state index in [2.05, 4.69) is 22.0 Å². The zero-order valence-corrected chi connectivity index (χ0v) is 11.4. The number of hydrogen-bond acceptors (Lipinski definition) is 2. The third kappa shape index (κ3) is 1.23. The Labute approximate surface area is 109 Å². The van der Waals surface area contributed by atoms with Crippen LogP contribution in [0.3, 0.4) is 0 Å². The van der Waals surface area contributed by atoms with Gasteiger partial charge in [-0.05, 0) is 35.8 Å². The molecule has 0 amide bonds. The topological polar surface area (TPSA) is 34.1 Å². The molecule has 17 heavy (non-hydrogen) atoms. The van der Waals surface area contributed by atoms with Gasteiger partial charge in [0.15, 0.2) is 9.84 Å². The fourth-order valence-corrected chi connectivity index (χ4v) is 6.67. The molecule has 0 aliphatic heterocycles. The smallest absolute Gasteiger partial charge is 0.186 e. The van der Waals surface area contributed by atoms with Crippen LogP contribution in [0.5, 0.6) is 0 Å². The molecule has 4 aliphatic rings. The normalized spacial score (nSPS) is 41.5. The number of fused-ring (bicyclic) bond motifs is 1. The minimum atomic E-state index is -3.22. The summed E-state index contributed by atoms with van der Waals surface area (Å²) in [5.41, 5.74) is 0. The molecule has 1 aromatic carbocycles. The Morgan fingerprint density at radius 2 is 1.65 bits per heavy atom. The highest BCUT2D eigenvalue weighted by Crippen LogP contribution is 2.79. The van der Waals surface area contributed by atoms with Crippen LogP contribution in [0.15, 0.2) is 45.8 Å². The van der Waals surface area contributed by atoms with Gasteiger partial charge >= 0.3 is 0 Å². The van der Waals surface area contributed by atoms with Gasteiger partial charge in [0.2, 0.25) is 0 Å². The molecular weight excluding hydrogens is 300 g/mol. The lowest BCUT2D eigenvalue weighted by Crippen LogP contribution is -2.32. The molecule has 0 aromatic heterocycles. The van der Waals surface area contributed by atoms with Gasteiger partial charge in [0.1, 0.15) is 5.25 Å². The van der Waals surface area contributed by atoms with E-state index in [0.29, 0.717) is 28.6 Å². The van der Waals surface area contributed by atoms with Crippen molar-refractivity contribution in [2.75, 3.05) is 0 Å². The van der Waals surface area contributed by atoms with E-state index in [9.17, 15) is 8.42 Å². The van der Waals surface area contributed by atoms with E-state index in [1.165, 1.54) is 0 Å². The fourth-order valence-electron chi connectivity index (χ4n) is 3.34. The molecule has 1 aromatic rings. The summed E-state index contributed by atoms with van der Waals surface area (Å²) in [6.07, 6.45) is 2.11. The first kappa shape index (κ1) is 10.3. The number of hydrogen-bond donors (Lipinski definition) is 0. The molecule has 0 spiro atoms. The average molecular weight is 311 g/mol. The van der Waals surface area contributed by atoms with Crippen molar-refractivity contribution in [3.63, 3.8) is 0 Å². The number of sulfone groups is 1. The highest BCUT2D eigenvalue weighted by Gasteiger charge is 2.78. The maximum atomic E-state index is 12.6. The molecule has 2 bridgehead atoms. The number of allylic oxidation sites excluding steroid dienone is 1. The molecule has 0 heterocycles. The molecule has 2 nitrogen and oxygen atoms in total. The number of rotatable bonds is 2. The van der Waals surface area contributed by atoms with Gasteiger partial charge in [-0.15, -0.1) is 0 Å². The van der Waals surface area contributed by atoms with Crippen LogP contribution >= 0.6 is 15.9 Å². The van der Waals surface area contributed by atoms with Crippen molar-refractivity contribution < 1.29 is 8.42 Å². The van der Waals surface area contributed by atoms with Crippen LogP contribution < -0.4 is 0 Å². The van der Waals surface area contributed by atoms with E-state index in [-0.39, 0.29) is 5.25 Å². The monoisotopic (exact) mass is 310 g/mol. The van der Waals surface area contributed by atoms with Crippen LogP contribution in [-0.4, -0.2) is 13.7 Å². The Hall–Kier alpha value is -0.610. The Morgan fingerprint density at radius 3 is 2.29 bits per heavy atom. The highest BCUT2D eigenvalue weighted by atomic mass is 79.9. The van der Waals surface area contributed by atoms with Crippen molar-refractivity contribution in [3.8, 4) is 0 Å².